The van der Waals surface area contributed by atoms with Crippen LogP contribution >= 0.6 is 0 Å². The quantitative estimate of drug-likeness (QED) is 0.918. The van der Waals surface area contributed by atoms with E-state index in [2.05, 4.69) is 0 Å². The average molecular weight is 306 g/mol. The van der Waals surface area contributed by atoms with Gasteiger partial charge in [0.25, 0.3) is 0 Å². The molecule has 1 aliphatic rings. The molecule has 2 rings (SSSR count). The molecule has 0 atom stereocenters. The Morgan fingerprint density at radius 2 is 1.73 bits per heavy atom. The van der Waals surface area contributed by atoms with Gasteiger partial charge < -0.3 is 14.7 Å². The second-order valence-corrected chi connectivity index (χ2v) is 5.88. The molecule has 0 radical (unpaired) electrons. The molecule has 1 aromatic rings. The number of piperazine rings is 1. The Balaban J connectivity index is 1.81. The lowest BCUT2D eigenvalue weighted by Crippen LogP contribution is -2.58. The van der Waals surface area contributed by atoms with E-state index in [1.165, 1.54) is 0 Å². The molecule has 1 aliphatic heterocycles. The van der Waals surface area contributed by atoms with Crippen LogP contribution in [0.2, 0.25) is 0 Å². The molecule has 1 fully saturated rings. The van der Waals surface area contributed by atoms with Crippen LogP contribution in [0.1, 0.15) is 19.4 Å². The van der Waals surface area contributed by atoms with Crippen LogP contribution in [0.5, 0.6) is 0 Å². The monoisotopic (exact) mass is 306 g/mol. The van der Waals surface area contributed by atoms with Crippen LogP contribution < -0.4 is 0 Å². The van der Waals surface area contributed by atoms with Crippen LogP contribution in [0, 0.1) is 0 Å². The van der Waals surface area contributed by atoms with Crippen molar-refractivity contribution in [2.45, 2.75) is 26.0 Å². The Hall–Kier alpha value is -2.08. The lowest BCUT2D eigenvalue weighted by Gasteiger charge is -2.41. The first-order chi connectivity index (χ1) is 10.4. The van der Waals surface area contributed by atoms with Gasteiger partial charge in [-0.15, -0.1) is 0 Å². The number of carbonyl (C=O) groups is 2. The standard InChI is InChI=1S/C16H22N2O4/c1-16(2,14(19)20)18-10-8-17(9-11-18)15(21)22-12-13-6-4-3-5-7-13/h3-7H,8-12H2,1-2H3,(H,19,20). The van der Waals surface area contributed by atoms with E-state index in [4.69, 9.17) is 4.74 Å². The minimum absolute atomic E-state index is 0.251. The van der Waals surface area contributed by atoms with E-state index in [1.807, 2.05) is 35.2 Å². The summed E-state index contributed by atoms with van der Waals surface area (Å²) >= 11 is 0. The van der Waals surface area contributed by atoms with E-state index in [-0.39, 0.29) is 12.7 Å². The zero-order valence-corrected chi connectivity index (χ0v) is 13.0. The van der Waals surface area contributed by atoms with Gasteiger partial charge in [0, 0.05) is 26.2 Å². The summed E-state index contributed by atoms with van der Waals surface area (Å²) in [5.74, 6) is -0.854. The summed E-state index contributed by atoms with van der Waals surface area (Å²) < 4.78 is 5.29. The number of carboxylic acid groups (broad SMARTS) is 1. The molecule has 1 amide bonds. The van der Waals surface area contributed by atoms with E-state index in [0.29, 0.717) is 26.2 Å². The number of carbonyl (C=O) groups excluding carboxylic acids is 1. The number of benzene rings is 1. The van der Waals surface area contributed by atoms with Crippen LogP contribution in [0.4, 0.5) is 4.79 Å². The molecular weight excluding hydrogens is 284 g/mol. The highest BCUT2D eigenvalue weighted by molar-refractivity contribution is 5.77. The fourth-order valence-electron chi connectivity index (χ4n) is 2.39. The average Bonchev–Trinajstić information content (AvgIpc) is 2.53. The largest absolute Gasteiger partial charge is 0.480 e. The SMILES string of the molecule is CC(C)(C(=O)O)N1CCN(C(=O)OCc2ccccc2)CC1. The minimum Gasteiger partial charge on any atom is -0.480 e. The van der Waals surface area contributed by atoms with Gasteiger partial charge in [0.1, 0.15) is 12.1 Å². The molecule has 1 heterocycles. The first kappa shape index (κ1) is 16.3. The summed E-state index contributed by atoms with van der Waals surface area (Å²) in [6, 6.07) is 9.52. The van der Waals surface area contributed by atoms with Crippen molar-refractivity contribution in [2.24, 2.45) is 0 Å². The van der Waals surface area contributed by atoms with Crippen molar-refractivity contribution >= 4 is 12.1 Å². The summed E-state index contributed by atoms with van der Waals surface area (Å²) in [5.41, 5.74) is 0.0292. The third kappa shape index (κ3) is 3.76. The Bertz CT molecular complexity index is 522. The number of aliphatic carboxylic acids is 1. The predicted molar refractivity (Wildman–Crippen MR) is 81.5 cm³/mol. The number of hydrogen-bond donors (Lipinski definition) is 1. The summed E-state index contributed by atoms with van der Waals surface area (Å²) in [7, 11) is 0. The van der Waals surface area contributed by atoms with E-state index < -0.39 is 11.5 Å². The Morgan fingerprint density at radius 1 is 1.14 bits per heavy atom. The Morgan fingerprint density at radius 3 is 2.27 bits per heavy atom. The highest BCUT2D eigenvalue weighted by Crippen LogP contribution is 2.17. The van der Waals surface area contributed by atoms with E-state index >= 15 is 0 Å². The molecule has 1 aromatic carbocycles. The van der Waals surface area contributed by atoms with Crippen molar-refractivity contribution in [3.05, 3.63) is 35.9 Å². The summed E-state index contributed by atoms with van der Waals surface area (Å²) in [5, 5.41) is 9.23. The van der Waals surface area contributed by atoms with E-state index in [9.17, 15) is 14.7 Å². The summed E-state index contributed by atoms with van der Waals surface area (Å²) in [4.78, 5) is 26.8. The molecular formula is C16H22N2O4. The lowest BCUT2D eigenvalue weighted by molar-refractivity contribution is -0.150. The maximum atomic E-state index is 12.0. The van der Waals surface area contributed by atoms with Gasteiger partial charge in [-0.05, 0) is 19.4 Å². The first-order valence-corrected chi connectivity index (χ1v) is 7.35. The number of hydrogen-bond acceptors (Lipinski definition) is 4. The van der Waals surface area contributed by atoms with Crippen molar-refractivity contribution in [1.29, 1.82) is 0 Å². The molecule has 0 aromatic heterocycles. The zero-order chi connectivity index (χ0) is 16.2. The van der Waals surface area contributed by atoms with Gasteiger partial charge >= 0.3 is 12.1 Å². The maximum absolute atomic E-state index is 12.0. The van der Waals surface area contributed by atoms with Crippen LogP contribution in [0.25, 0.3) is 0 Å². The molecule has 0 unspecified atom stereocenters. The first-order valence-electron chi connectivity index (χ1n) is 7.35. The van der Waals surface area contributed by atoms with Crippen molar-refractivity contribution in [3.63, 3.8) is 0 Å². The van der Waals surface area contributed by atoms with Crippen LogP contribution in [0.3, 0.4) is 0 Å². The molecule has 1 N–H and O–H groups in total. The molecule has 120 valence electrons. The molecule has 6 heteroatoms. The Kier molecular flexibility index (Phi) is 5.03. The fraction of sp³-hybridized carbons (Fsp3) is 0.500. The van der Waals surface area contributed by atoms with Crippen LogP contribution in [0.15, 0.2) is 30.3 Å². The number of ether oxygens (including phenoxy) is 1. The van der Waals surface area contributed by atoms with Gasteiger partial charge in [0.05, 0.1) is 0 Å². The minimum atomic E-state index is -0.917. The lowest BCUT2D eigenvalue weighted by atomic mass is 10.0. The van der Waals surface area contributed by atoms with Gasteiger partial charge in [-0.1, -0.05) is 30.3 Å². The molecule has 0 aliphatic carbocycles. The van der Waals surface area contributed by atoms with Gasteiger partial charge in [-0.3, -0.25) is 9.69 Å². The van der Waals surface area contributed by atoms with E-state index in [0.717, 1.165) is 5.56 Å². The smallest absolute Gasteiger partial charge is 0.410 e. The van der Waals surface area contributed by atoms with Crippen molar-refractivity contribution in [1.82, 2.24) is 9.80 Å². The van der Waals surface area contributed by atoms with Gasteiger partial charge in [0.2, 0.25) is 0 Å². The Labute approximate surface area is 130 Å². The van der Waals surface area contributed by atoms with Crippen molar-refractivity contribution < 1.29 is 19.4 Å². The number of amides is 1. The molecule has 1 saturated heterocycles. The second kappa shape index (κ2) is 6.79. The highest BCUT2D eigenvalue weighted by atomic mass is 16.6. The summed E-state index contributed by atoms with van der Waals surface area (Å²) in [6.45, 7) is 5.62. The number of rotatable bonds is 4. The zero-order valence-electron chi connectivity index (χ0n) is 13.0. The maximum Gasteiger partial charge on any atom is 0.410 e. The van der Waals surface area contributed by atoms with Crippen LogP contribution in [-0.2, 0) is 16.1 Å². The topological polar surface area (TPSA) is 70.1 Å². The molecule has 0 saturated carbocycles. The van der Waals surface area contributed by atoms with Crippen LogP contribution in [-0.4, -0.2) is 58.7 Å². The third-order valence-electron chi connectivity index (χ3n) is 4.06. The second-order valence-electron chi connectivity index (χ2n) is 5.88. The number of carboxylic acids is 1. The third-order valence-corrected chi connectivity index (χ3v) is 4.06. The highest BCUT2D eigenvalue weighted by Gasteiger charge is 2.37. The predicted octanol–water partition coefficient (Wildman–Crippen LogP) is 1.80. The van der Waals surface area contributed by atoms with Gasteiger partial charge in [0.15, 0.2) is 0 Å². The molecule has 0 bridgehead atoms. The number of nitrogens with zero attached hydrogens (tertiary/aromatic N) is 2. The fourth-order valence-corrected chi connectivity index (χ4v) is 2.39. The van der Waals surface area contributed by atoms with Crippen molar-refractivity contribution in [3.8, 4) is 0 Å². The molecule has 0 spiro atoms. The van der Waals surface area contributed by atoms with Gasteiger partial charge in [-0.2, -0.15) is 0 Å². The molecule has 22 heavy (non-hydrogen) atoms. The van der Waals surface area contributed by atoms with Crippen molar-refractivity contribution in [2.75, 3.05) is 26.2 Å². The normalized spacial score (nSPS) is 16.4. The van der Waals surface area contributed by atoms with E-state index in [1.54, 1.807) is 18.7 Å². The van der Waals surface area contributed by atoms with Gasteiger partial charge in [-0.25, -0.2) is 4.79 Å². The molecule has 6 nitrogen and oxygen atoms in total. The summed E-state index contributed by atoms with van der Waals surface area (Å²) in [6.07, 6.45) is -0.350.